The summed E-state index contributed by atoms with van der Waals surface area (Å²) in [6, 6.07) is 2.27. The number of nitrogens with zero attached hydrogens (tertiary/aromatic N) is 5. The maximum absolute atomic E-state index is 12.8. The van der Waals surface area contributed by atoms with Crippen molar-refractivity contribution in [2.24, 2.45) is 0 Å². The molecule has 21 nitrogen and oxygen atoms in total. The van der Waals surface area contributed by atoms with E-state index in [1.807, 2.05) is 5.32 Å². The maximum Gasteiger partial charge on any atom is 0.340 e. The maximum atomic E-state index is 12.8. The van der Waals surface area contributed by atoms with E-state index in [2.05, 4.69) is 25.3 Å². The molecule has 0 bridgehead atoms. The predicted octanol–water partition coefficient (Wildman–Crippen LogP) is -1.56. The van der Waals surface area contributed by atoms with Crippen LogP contribution in [0.4, 0.5) is 17.5 Å². The van der Waals surface area contributed by atoms with Gasteiger partial charge in [0.1, 0.15) is 12.1 Å². The molecule has 48 heavy (non-hydrogen) atoms. The average Bonchev–Trinajstić information content (AvgIpc) is 2.95. The van der Waals surface area contributed by atoms with Crippen LogP contribution in [0.5, 0.6) is 0 Å². The number of hydrogen-bond donors (Lipinski definition) is 10. The van der Waals surface area contributed by atoms with Crippen LogP contribution >= 0.6 is 15.2 Å². The van der Waals surface area contributed by atoms with E-state index in [-0.39, 0.29) is 64.6 Å². The van der Waals surface area contributed by atoms with Crippen LogP contribution in [0.2, 0.25) is 0 Å². The number of hydrogen-bond acceptors (Lipinski definition) is 13. The number of fused-ring (bicyclic) bond motifs is 1. The Morgan fingerprint density at radius 1 is 0.896 bits per heavy atom. The third-order valence-corrected chi connectivity index (χ3v) is 10.4. The smallest absolute Gasteiger partial charge is 0.340 e. The number of aliphatic carboxylic acids is 2. The molecule has 12 N–H and O–H groups in total. The molecule has 1 radical (unpaired) electrons. The van der Waals surface area contributed by atoms with Crippen molar-refractivity contribution in [2.45, 2.75) is 43.3 Å². The van der Waals surface area contributed by atoms with E-state index in [1.165, 1.54) is 18.3 Å². The Hall–Kier alpha value is -3.78. The first-order valence-corrected chi connectivity index (χ1v) is 16.6. The Morgan fingerprint density at radius 3 is 2.02 bits per heavy atom. The summed E-state index contributed by atoms with van der Waals surface area (Å²) in [5.41, 5.74) is 13.2. The van der Waals surface area contributed by atoms with Gasteiger partial charge in [-0.25, -0.2) is 19.6 Å². The normalized spacial score (nSPS) is 12.9. The van der Waals surface area contributed by atoms with Gasteiger partial charge < -0.3 is 56.8 Å². The number of amides is 2. The Morgan fingerprint density at radius 2 is 1.48 bits per heavy atom. The molecule has 0 saturated heterocycles. The van der Waals surface area contributed by atoms with Gasteiger partial charge in [0.25, 0.3) is 5.91 Å². The summed E-state index contributed by atoms with van der Waals surface area (Å²) in [6.45, 7) is 0.267. The van der Waals surface area contributed by atoms with Gasteiger partial charge in [-0.1, -0.05) is 0 Å². The number of carbonyl (C=O) groups excluding carboxylic acids is 2. The fraction of sp³-hybridized carbons (Fsp3) is 0.333. The third kappa shape index (κ3) is 11.1. The Bertz CT molecular complexity index is 1750. The second-order valence-corrected chi connectivity index (χ2v) is 14.2. The molecule has 2 unspecified atom stereocenters. The van der Waals surface area contributed by atoms with Crippen LogP contribution < -0.4 is 27.0 Å². The molecular formula is C24H31N9NaO12P2. The fourth-order valence-electron chi connectivity index (χ4n) is 4.20. The summed E-state index contributed by atoms with van der Waals surface area (Å²) in [4.78, 5) is 104. The monoisotopic (exact) mass is 722 g/mol. The summed E-state index contributed by atoms with van der Waals surface area (Å²) in [5, 5.41) is 20.3. The predicted molar refractivity (Wildman–Crippen MR) is 168 cm³/mol. The first kappa shape index (κ1) is 40.4. The number of benzene rings is 1. The molecule has 1 aromatic carbocycles. The largest absolute Gasteiger partial charge is 0.480 e. The fourth-order valence-corrected chi connectivity index (χ4v) is 6.74. The zero-order chi connectivity index (χ0) is 35.3. The molecule has 0 fully saturated rings. The van der Waals surface area contributed by atoms with Gasteiger partial charge in [-0.05, 0) is 30.7 Å². The number of carboxylic acid groups (broad SMARTS) is 2. The number of carboxylic acids is 2. The van der Waals surface area contributed by atoms with E-state index in [0.717, 1.165) is 0 Å². The second kappa shape index (κ2) is 16.6. The molecule has 24 heteroatoms. The summed E-state index contributed by atoms with van der Waals surface area (Å²) < 4.78 is 23.0. The minimum Gasteiger partial charge on any atom is -0.480 e. The van der Waals surface area contributed by atoms with Gasteiger partial charge in [0, 0.05) is 60.7 Å². The van der Waals surface area contributed by atoms with Gasteiger partial charge >= 0.3 is 27.1 Å². The summed E-state index contributed by atoms with van der Waals surface area (Å²) in [5.74, 6) is -5.27. The Kier molecular flexibility index (Phi) is 13.9. The van der Waals surface area contributed by atoms with E-state index >= 15 is 0 Å². The SMILES string of the molecule is CN(Cc1cnc2nc(N)nc(N)c2n1)c1ccc(C(=O)NC(CCC(=O)NC(CC(P(=O)(O)O)P(=O)(O)O)C(=O)O)C(=O)O)cc1.[Na]. The van der Waals surface area contributed by atoms with Crippen molar-refractivity contribution >= 4 is 97.1 Å². The van der Waals surface area contributed by atoms with Crippen LogP contribution in [0.3, 0.4) is 0 Å². The van der Waals surface area contributed by atoms with Crippen molar-refractivity contribution in [2.75, 3.05) is 23.4 Å². The van der Waals surface area contributed by atoms with Crippen LogP contribution in [0, 0.1) is 0 Å². The Labute approximate surface area is 293 Å². The van der Waals surface area contributed by atoms with Gasteiger partial charge in [0.15, 0.2) is 22.4 Å². The zero-order valence-corrected chi connectivity index (χ0v) is 29.2. The van der Waals surface area contributed by atoms with Crippen molar-refractivity contribution in [3.63, 3.8) is 0 Å². The first-order chi connectivity index (χ1) is 21.8. The summed E-state index contributed by atoms with van der Waals surface area (Å²) >= 11 is 0. The van der Waals surface area contributed by atoms with E-state index < -0.39 is 75.7 Å². The number of aromatic nitrogens is 4. The van der Waals surface area contributed by atoms with Crippen molar-refractivity contribution in [3.8, 4) is 0 Å². The van der Waals surface area contributed by atoms with E-state index in [0.29, 0.717) is 11.4 Å². The van der Waals surface area contributed by atoms with Crippen molar-refractivity contribution < 1.29 is 58.1 Å². The molecule has 0 aliphatic rings. The zero-order valence-electron chi connectivity index (χ0n) is 25.4. The molecule has 255 valence electrons. The van der Waals surface area contributed by atoms with Gasteiger partial charge in [-0.3, -0.25) is 18.7 Å². The molecule has 0 saturated carbocycles. The summed E-state index contributed by atoms with van der Waals surface area (Å²) in [7, 11) is -9.23. The number of nitrogens with two attached hydrogens (primary N) is 2. The average molecular weight is 723 g/mol. The number of rotatable bonds is 15. The molecular weight excluding hydrogens is 691 g/mol. The number of anilines is 3. The van der Waals surface area contributed by atoms with E-state index in [1.54, 1.807) is 24.1 Å². The van der Waals surface area contributed by atoms with Crippen LogP contribution in [0.25, 0.3) is 11.2 Å². The summed E-state index contributed by atoms with van der Waals surface area (Å²) in [6.07, 6.45) is -1.03. The van der Waals surface area contributed by atoms with Gasteiger partial charge in [-0.2, -0.15) is 9.97 Å². The van der Waals surface area contributed by atoms with Crippen molar-refractivity contribution in [1.29, 1.82) is 0 Å². The van der Waals surface area contributed by atoms with Gasteiger partial charge in [-0.15, -0.1) is 0 Å². The molecule has 0 aliphatic carbocycles. The van der Waals surface area contributed by atoms with Crippen LogP contribution in [-0.4, -0.2) is 128 Å². The minimum absolute atomic E-state index is 0. The van der Waals surface area contributed by atoms with Gasteiger partial charge in [0.05, 0.1) is 18.4 Å². The molecule has 3 rings (SSSR count). The molecule has 2 heterocycles. The van der Waals surface area contributed by atoms with Crippen molar-refractivity contribution in [1.82, 2.24) is 30.6 Å². The molecule has 0 aliphatic heterocycles. The molecule has 2 atom stereocenters. The Balaban J connectivity index is 0.00000800. The third-order valence-electron chi connectivity index (χ3n) is 6.59. The van der Waals surface area contributed by atoms with Crippen LogP contribution in [0.1, 0.15) is 35.3 Å². The second-order valence-electron chi connectivity index (χ2n) is 10.2. The van der Waals surface area contributed by atoms with E-state index in [9.17, 15) is 58.1 Å². The van der Waals surface area contributed by atoms with Crippen LogP contribution in [-0.2, 0) is 30.1 Å². The quantitative estimate of drug-likeness (QED) is 0.0626. The number of nitrogens with one attached hydrogen (secondary N) is 2. The molecule has 3 aromatic rings. The van der Waals surface area contributed by atoms with Crippen LogP contribution in [0.15, 0.2) is 30.5 Å². The number of carbonyl (C=O) groups is 4. The van der Waals surface area contributed by atoms with Gasteiger partial charge in [0.2, 0.25) is 11.9 Å². The van der Waals surface area contributed by atoms with E-state index in [4.69, 9.17) is 11.5 Å². The molecule has 2 amide bonds. The first-order valence-electron chi connectivity index (χ1n) is 13.3. The standard InChI is InChI=1S/C24H31N9O12P2.Na/c1-33(10-12-9-27-20-18(28-12)19(25)31-24(26)32-20)13-4-2-11(3-5-13)21(35)30-14(22(36)37)6-7-16(34)29-15(23(38)39)8-17(46(40,41)42)47(43,44)45;/h2-5,9,14-15,17H,6-8,10H2,1H3,(H,29,34)(H,30,35)(H,36,37)(H,38,39)(H2,40,41,42)(H2,43,44,45)(H4,25,26,27,31,32);. The molecule has 2 aromatic heterocycles. The molecule has 0 spiro atoms. The minimum atomic E-state index is -5.48. The topological polar surface area (TPSA) is 355 Å². The van der Waals surface area contributed by atoms with Crippen molar-refractivity contribution in [3.05, 3.63) is 41.7 Å². The number of nitrogen functional groups attached to an aromatic ring is 2.